The zero-order chi connectivity index (χ0) is 11.7. The molecule has 0 atom stereocenters. The molecule has 3 rings (SSSR count). The van der Waals surface area contributed by atoms with Crippen molar-refractivity contribution in [3.8, 4) is 0 Å². The van der Waals surface area contributed by atoms with Crippen molar-refractivity contribution in [2.45, 2.75) is 26.2 Å². The number of benzene rings is 1. The lowest BCUT2D eigenvalue weighted by molar-refractivity contribution is 0.373. The molecule has 2 aromatic rings. The fourth-order valence-corrected chi connectivity index (χ4v) is 2.97. The van der Waals surface area contributed by atoms with Crippen molar-refractivity contribution in [2.75, 3.05) is 13.1 Å². The minimum Gasteiger partial charge on any atom is -0.358 e. The van der Waals surface area contributed by atoms with E-state index in [1.807, 2.05) is 0 Å². The van der Waals surface area contributed by atoms with E-state index in [1.165, 1.54) is 54.5 Å². The first kappa shape index (κ1) is 10.8. The summed E-state index contributed by atoms with van der Waals surface area (Å²) < 4.78 is 0. The summed E-state index contributed by atoms with van der Waals surface area (Å²) in [5.41, 5.74) is 4.17. The van der Waals surface area contributed by atoms with Gasteiger partial charge in [0, 0.05) is 16.6 Å². The molecule has 2 heteroatoms. The molecular formula is C15H20N2. The Morgan fingerprint density at radius 1 is 1.18 bits per heavy atom. The first-order valence-corrected chi connectivity index (χ1v) is 6.61. The number of aryl methyl sites for hydroxylation is 1. The van der Waals surface area contributed by atoms with Gasteiger partial charge in [-0.3, -0.25) is 0 Å². The van der Waals surface area contributed by atoms with Gasteiger partial charge in [-0.25, -0.2) is 0 Å². The predicted molar refractivity (Wildman–Crippen MR) is 72.3 cm³/mol. The lowest BCUT2D eigenvalue weighted by Gasteiger charge is -2.22. The molecule has 0 spiro atoms. The summed E-state index contributed by atoms with van der Waals surface area (Å²) in [5, 5.41) is 4.86. The van der Waals surface area contributed by atoms with Crippen LogP contribution in [0.4, 0.5) is 0 Å². The van der Waals surface area contributed by atoms with E-state index in [4.69, 9.17) is 0 Å². The normalized spacial score (nSPS) is 17.7. The molecule has 0 aliphatic carbocycles. The van der Waals surface area contributed by atoms with E-state index >= 15 is 0 Å². The molecule has 90 valence electrons. The van der Waals surface area contributed by atoms with Gasteiger partial charge in [0.2, 0.25) is 0 Å². The van der Waals surface area contributed by atoms with Crippen LogP contribution in [0.25, 0.3) is 10.9 Å². The second kappa shape index (κ2) is 4.53. The number of nitrogens with one attached hydrogen (secondary N) is 2. The van der Waals surface area contributed by atoms with E-state index < -0.39 is 0 Å². The first-order valence-electron chi connectivity index (χ1n) is 6.61. The van der Waals surface area contributed by atoms with Crippen molar-refractivity contribution in [2.24, 2.45) is 5.92 Å². The van der Waals surface area contributed by atoms with Crippen LogP contribution in [0.15, 0.2) is 24.3 Å². The molecule has 1 aliphatic heterocycles. The van der Waals surface area contributed by atoms with Gasteiger partial charge in [-0.1, -0.05) is 18.2 Å². The molecule has 2 N–H and O–H groups in total. The Hall–Kier alpha value is -1.28. The van der Waals surface area contributed by atoms with Gasteiger partial charge in [-0.05, 0) is 56.8 Å². The van der Waals surface area contributed by atoms with Crippen LogP contribution in [0.3, 0.4) is 0 Å². The molecule has 1 saturated heterocycles. The van der Waals surface area contributed by atoms with Crippen LogP contribution in [-0.4, -0.2) is 18.1 Å². The molecule has 17 heavy (non-hydrogen) atoms. The molecule has 0 amide bonds. The van der Waals surface area contributed by atoms with Gasteiger partial charge in [-0.15, -0.1) is 0 Å². The number of piperidine rings is 1. The highest BCUT2D eigenvalue weighted by Gasteiger charge is 2.17. The van der Waals surface area contributed by atoms with Gasteiger partial charge < -0.3 is 10.3 Å². The number of rotatable bonds is 2. The van der Waals surface area contributed by atoms with Crippen molar-refractivity contribution >= 4 is 10.9 Å². The average Bonchev–Trinajstić information content (AvgIpc) is 2.68. The van der Waals surface area contributed by atoms with E-state index in [0.717, 1.165) is 5.92 Å². The Morgan fingerprint density at radius 2 is 1.94 bits per heavy atom. The summed E-state index contributed by atoms with van der Waals surface area (Å²) in [6, 6.07) is 8.66. The monoisotopic (exact) mass is 228 g/mol. The highest BCUT2D eigenvalue weighted by molar-refractivity contribution is 5.84. The van der Waals surface area contributed by atoms with Crippen molar-refractivity contribution in [3.63, 3.8) is 0 Å². The molecule has 1 aromatic heterocycles. The van der Waals surface area contributed by atoms with Crippen LogP contribution in [-0.2, 0) is 6.42 Å². The number of hydrogen-bond donors (Lipinski definition) is 2. The predicted octanol–water partition coefficient (Wildman–Crippen LogP) is 3.02. The lowest BCUT2D eigenvalue weighted by Crippen LogP contribution is -2.28. The standard InChI is InChI=1S/C15H20N2/c1-11-14(10-12-6-8-16-9-7-12)13-4-2-3-5-15(13)17-11/h2-5,12,16-17H,6-10H2,1H3. The van der Waals surface area contributed by atoms with Crippen LogP contribution in [0.5, 0.6) is 0 Å². The van der Waals surface area contributed by atoms with Crippen LogP contribution in [0.2, 0.25) is 0 Å². The van der Waals surface area contributed by atoms with Gasteiger partial charge in [0.15, 0.2) is 0 Å². The smallest absolute Gasteiger partial charge is 0.0458 e. The third-order valence-corrected chi connectivity index (χ3v) is 3.98. The number of hydrogen-bond acceptors (Lipinski definition) is 1. The molecule has 0 unspecified atom stereocenters. The number of H-pyrrole nitrogens is 1. The minimum atomic E-state index is 0.856. The Bertz CT molecular complexity index is 507. The zero-order valence-electron chi connectivity index (χ0n) is 10.4. The van der Waals surface area contributed by atoms with E-state index in [9.17, 15) is 0 Å². The van der Waals surface area contributed by atoms with Crippen LogP contribution in [0, 0.1) is 12.8 Å². The molecule has 0 radical (unpaired) electrons. The molecule has 2 heterocycles. The van der Waals surface area contributed by atoms with Gasteiger partial charge >= 0.3 is 0 Å². The first-order chi connectivity index (χ1) is 8.34. The fraction of sp³-hybridized carbons (Fsp3) is 0.467. The number of aromatic amines is 1. The summed E-state index contributed by atoms with van der Waals surface area (Å²) in [4.78, 5) is 3.50. The van der Waals surface area contributed by atoms with Gasteiger partial charge in [0.25, 0.3) is 0 Å². The summed E-state index contributed by atoms with van der Waals surface area (Å²) in [7, 11) is 0. The SMILES string of the molecule is Cc1[nH]c2ccccc2c1CC1CCNCC1. The van der Waals surface area contributed by atoms with Crippen LogP contribution < -0.4 is 5.32 Å². The van der Waals surface area contributed by atoms with E-state index in [0.29, 0.717) is 0 Å². The Morgan fingerprint density at radius 3 is 2.76 bits per heavy atom. The number of aromatic nitrogens is 1. The second-order valence-corrected chi connectivity index (χ2v) is 5.17. The Kier molecular flexibility index (Phi) is 2.89. The second-order valence-electron chi connectivity index (χ2n) is 5.17. The van der Waals surface area contributed by atoms with E-state index in [1.54, 1.807) is 0 Å². The third kappa shape index (κ3) is 2.09. The zero-order valence-corrected chi connectivity index (χ0v) is 10.4. The maximum Gasteiger partial charge on any atom is 0.0458 e. The molecular weight excluding hydrogens is 208 g/mol. The molecule has 0 bridgehead atoms. The largest absolute Gasteiger partial charge is 0.358 e. The minimum absolute atomic E-state index is 0.856. The van der Waals surface area contributed by atoms with Gasteiger partial charge in [0.05, 0.1) is 0 Å². The number of fused-ring (bicyclic) bond motifs is 1. The highest BCUT2D eigenvalue weighted by Crippen LogP contribution is 2.27. The highest BCUT2D eigenvalue weighted by atomic mass is 14.9. The van der Waals surface area contributed by atoms with Gasteiger partial charge in [0.1, 0.15) is 0 Å². The topological polar surface area (TPSA) is 27.8 Å². The summed E-state index contributed by atoms with van der Waals surface area (Å²) in [6.07, 6.45) is 3.87. The average molecular weight is 228 g/mol. The van der Waals surface area contributed by atoms with E-state index in [-0.39, 0.29) is 0 Å². The Balaban J connectivity index is 1.90. The summed E-state index contributed by atoms with van der Waals surface area (Å²) in [6.45, 7) is 4.58. The molecule has 0 saturated carbocycles. The van der Waals surface area contributed by atoms with Gasteiger partial charge in [-0.2, -0.15) is 0 Å². The molecule has 1 aromatic carbocycles. The van der Waals surface area contributed by atoms with Crippen LogP contribution >= 0.6 is 0 Å². The van der Waals surface area contributed by atoms with Crippen molar-refractivity contribution in [1.29, 1.82) is 0 Å². The summed E-state index contributed by atoms with van der Waals surface area (Å²) >= 11 is 0. The van der Waals surface area contributed by atoms with Crippen molar-refractivity contribution in [3.05, 3.63) is 35.5 Å². The van der Waals surface area contributed by atoms with E-state index in [2.05, 4.69) is 41.5 Å². The Labute approximate surface area is 102 Å². The third-order valence-electron chi connectivity index (χ3n) is 3.98. The van der Waals surface area contributed by atoms with Crippen molar-refractivity contribution in [1.82, 2.24) is 10.3 Å². The maximum absolute atomic E-state index is 3.50. The molecule has 1 aliphatic rings. The number of para-hydroxylation sites is 1. The summed E-state index contributed by atoms with van der Waals surface area (Å²) in [5.74, 6) is 0.856. The lowest BCUT2D eigenvalue weighted by atomic mass is 9.90. The quantitative estimate of drug-likeness (QED) is 0.812. The van der Waals surface area contributed by atoms with Crippen LogP contribution in [0.1, 0.15) is 24.1 Å². The fourth-order valence-electron chi connectivity index (χ4n) is 2.97. The maximum atomic E-state index is 3.50. The molecule has 2 nitrogen and oxygen atoms in total. The van der Waals surface area contributed by atoms with Crippen molar-refractivity contribution < 1.29 is 0 Å². The molecule has 1 fully saturated rings.